The monoisotopic (exact) mass is 570 g/mol. The van der Waals surface area contributed by atoms with E-state index in [0.717, 1.165) is 0 Å². The molecule has 0 fully saturated rings. The predicted octanol–water partition coefficient (Wildman–Crippen LogP) is 2.84. The Morgan fingerprint density at radius 2 is 1.14 bits per heavy atom. The second-order valence-electron chi connectivity index (χ2n) is 3.74. The number of aliphatic hydroxyl groups excluding tert-OH is 2. The molecule has 0 spiro atoms. The largest absolute Gasteiger partial charge is 0.433 e. The van der Waals surface area contributed by atoms with E-state index in [-0.39, 0.29) is 26.1 Å². The number of carbonyl (C=O) groups is 2. The third kappa shape index (κ3) is 11.8. The molecule has 0 heterocycles. The molecule has 0 aromatic rings. The van der Waals surface area contributed by atoms with Crippen molar-refractivity contribution in [2.24, 2.45) is 0 Å². The molecule has 22 heavy (non-hydrogen) atoms. The first-order valence-electron chi connectivity index (χ1n) is 5.88. The first kappa shape index (κ1) is 22.3. The Morgan fingerprint density at radius 3 is 1.41 bits per heavy atom. The van der Waals surface area contributed by atoms with E-state index in [0.29, 0.717) is 0 Å². The van der Waals surface area contributed by atoms with Crippen LogP contribution in [0.5, 0.6) is 0 Å². The van der Waals surface area contributed by atoms with Gasteiger partial charge in [0.1, 0.15) is 0 Å². The summed E-state index contributed by atoms with van der Waals surface area (Å²) in [6.07, 6.45) is 5.16. The van der Waals surface area contributed by atoms with E-state index < -0.39 is 18.8 Å². The molecule has 2 N–H and O–H groups in total. The third-order valence-corrected chi connectivity index (χ3v) is 3.57. The zero-order valence-corrected chi connectivity index (χ0v) is 17.5. The van der Waals surface area contributed by atoms with Gasteiger partial charge in [-0.1, -0.05) is 12.2 Å². The number of halogens is 4. The number of rotatable bonds is 9. The lowest BCUT2D eigenvalue weighted by atomic mass is 10.3. The minimum atomic E-state index is -1.23. The molecule has 0 atom stereocenters. The Bertz CT molecular complexity index is 393. The molecule has 0 radical (unpaired) electrons. The normalized spacial score (nSPS) is 12.8. The molecule has 0 saturated carbocycles. The molecule has 0 saturated heterocycles. The highest BCUT2D eigenvalue weighted by Crippen LogP contribution is 2.31. The summed E-state index contributed by atoms with van der Waals surface area (Å²) in [6, 6.07) is 0. The standard InChI is InChI=1S/C12H14Br4O6/c13-11(14,5-1-7-17)21-9(19)3-4-10(20)22-12(15,16)6-2-8-18/h1-2,5-6,17-18H,3-4,7-8H2. The Labute approximate surface area is 161 Å². The maximum absolute atomic E-state index is 11.6. The second kappa shape index (κ2) is 10.9. The van der Waals surface area contributed by atoms with E-state index in [1.807, 2.05) is 0 Å². The number of hydrogen-bond acceptors (Lipinski definition) is 6. The average Bonchev–Trinajstić information content (AvgIpc) is 2.40. The Morgan fingerprint density at radius 1 is 0.818 bits per heavy atom. The molecule has 10 heteroatoms. The van der Waals surface area contributed by atoms with Crippen LogP contribution in [0.15, 0.2) is 24.3 Å². The summed E-state index contributed by atoms with van der Waals surface area (Å²) in [5.74, 6) is -1.29. The number of ether oxygens (including phenoxy) is 2. The van der Waals surface area contributed by atoms with Crippen molar-refractivity contribution in [1.29, 1.82) is 0 Å². The quantitative estimate of drug-likeness (QED) is 0.250. The van der Waals surface area contributed by atoms with E-state index in [2.05, 4.69) is 63.7 Å². The lowest BCUT2D eigenvalue weighted by molar-refractivity contribution is -0.151. The van der Waals surface area contributed by atoms with Crippen LogP contribution in [-0.2, 0) is 19.1 Å². The molecule has 0 aromatic heterocycles. The fourth-order valence-corrected chi connectivity index (χ4v) is 2.53. The first-order chi connectivity index (χ1) is 10.1. The number of esters is 2. The molecule has 0 rings (SSSR count). The van der Waals surface area contributed by atoms with E-state index in [1.54, 1.807) is 0 Å². The summed E-state index contributed by atoms with van der Waals surface area (Å²) in [5.41, 5.74) is 0. The van der Waals surface area contributed by atoms with Crippen molar-refractivity contribution in [2.45, 2.75) is 19.7 Å². The zero-order valence-electron chi connectivity index (χ0n) is 11.2. The van der Waals surface area contributed by atoms with Crippen LogP contribution in [0.1, 0.15) is 12.8 Å². The molecule has 6 nitrogen and oxygen atoms in total. The lowest BCUT2D eigenvalue weighted by Gasteiger charge is -2.18. The van der Waals surface area contributed by atoms with E-state index in [4.69, 9.17) is 19.7 Å². The molecular formula is C12H14Br4O6. The Kier molecular flexibility index (Phi) is 11.1. The maximum Gasteiger partial charge on any atom is 0.308 e. The molecule has 0 amide bonds. The summed E-state index contributed by atoms with van der Waals surface area (Å²) in [4.78, 5) is 23.2. The molecule has 126 valence electrons. The van der Waals surface area contributed by atoms with Gasteiger partial charge in [-0.2, -0.15) is 0 Å². The Hall–Kier alpha value is 0.260. The van der Waals surface area contributed by atoms with Crippen LogP contribution >= 0.6 is 63.7 Å². The van der Waals surface area contributed by atoms with Crippen LogP contribution in [-0.4, -0.2) is 42.2 Å². The van der Waals surface area contributed by atoms with Gasteiger partial charge in [-0.25, -0.2) is 0 Å². The molecule has 0 aromatic carbocycles. The molecular weight excluding hydrogens is 560 g/mol. The molecule has 0 bridgehead atoms. The van der Waals surface area contributed by atoms with Crippen LogP contribution in [0.3, 0.4) is 0 Å². The SMILES string of the molecule is O=C(CCC(=O)OC(Br)(Br)C=CCO)OC(Br)(Br)C=CCO. The van der Waals surface area contributed by atoms with Crippen molar-refractivity contribution < 1.29 is 29.3 Å². The van der Waals surface area contributed by atoms with Gasteiger partial charge in [0.05, 0.1) is 26.1 Å². The smallest absolute Gasteiger partial charge is 0.308 e. The van der Waals surface area contributed by atoms with Gasteiger partial charge in [0, 0.05) is 0 Å². The van der Waals surface area contributed by atoms with Crippen LogP contribution in [0.25, 0.3) is 0 Å². The van der Waals surface area contributed by atoms with Gasteiger partial charge in [0.15, 0.2) is 0 Å². The predicted molar refractivity (Wildman–Crippen MR) is 95.0 cm³/mol. The van der Waals surface area contributed by atoms with Gasteiger partial charge < -0.3 is 19.7 Å². The summed E-state index contributed by atoms with van der Waals surface area (Å²) < 4.78 is 7.54. The van der Waals surface area contributed by atoms with Crippen molar-refractivity contribution in [1.82, 2.24) is 0 Å². The topological polar surface area (TPSA) is 93.1 Å². The highest BCUT2D eigenvalue weighted by atomic mass is 79.9. The number of alkyl halides is 4. The van der Waals surface area contributed by atoms with Crippen molar-refractivity contribution in [3.05, 3.63) is 24.3 Å². The number of hydrogen-bond donors (Lipinski definition) is 2. The van der Waals surface area contributed by atoms with Crippen molar-refractivity contribution in [3.8, 4) is 0 Å². The minimum absolute atomic E-state index is 0.190. The summed E-state index contributed by atoms with van der Waals surface area (Å²) in [7, 11) is 0. The zero-order chi connectivity index (χ0) is 17.2. The third-order valence-electron chi connectivity index (χ3n) is 1.87. The van der Waals surface area contributed by atoms with Gasteiger partial charge in [0.25, 0.3) is 0 Å². The van der Waals surface area contributed by atoms with Gasteiger partial charge in [0.2, 0.25) is 6.84 Å². The van der Waals surface area contributed by atoms with E-state index in [1.165, 1.54) is 24.3 Å². The van der Waals surface area contributed by atoms with Crippen molar-refractivity contribution >= 4 is 75.7 Å². The molecule has 0 unspecified atom stereocenters. The first-order valence-corrected chi connectivity index (χ1v) is 9.05. The maximum atomic E-state index is 11.6. The van der Waals surface area contributed by atoms with E-state index in [9.17, 15) is 9.59 Å². The van der Waals surface area contributed by atoms with Gasteiger partial charge in [-0.05, 0) is 75.9 Å². The molecule has 0 aliphatic heterocycles. The van der Waals surface area contributed by atoms with Gasteiger partial charge in [-0.3, -0.25) is 9.59 Å². The van der Waals surface area contributed by atoms with Crippen LogP contribution in [0.4, 0.5) is 0 Å². The van der Waals surface area contributed by atoms with E-state index >= 15 is 0 Å². The van der Waals surface area contributed by atoms with Crippen molar-refractivity contribution in [2.75, 3.05) is 13.2 Å². The minimum Gasteiger partial charge on any atom is -0.433 e. The number of aliphatic hydroxyl groups is 2. The van der Waals surface area contributed by atoms with Crippen LogP contribution in [0, 0.1) is 0 Å². The summed E-state index contributed by atoms with van der Waals surface area (Å²) in [6.45, 7) is -0.411. The van der Waals surface area contributed by atoms with Crippen LogP contribution < -0.4 is 0 Å². The average molecular weight is 574 g/mol. The van der Waals surface area contributed by atoms with Gasteiger partial charge in [-0.15, -0.1) is 0 Å². The number of carbonyl (C=O) groups excluding carboxylic acids is 2. The summed E-state index contributed by atoms with van der Waals surface area (Å²) in [5, 5.41) is 17.3. The van der Waals surface area contributed by atoms with Gasteiger partial charge >= 0.3 is 11.9 Å². The summed E-state index contributed by atoms with van der Waals surface area (Å²) >= 11 is 12.3. The fraction of sp³-hybridized carbons (Fsp3) is 0.500. The highest BCUT2D eigenvalue weighted by molar-refractivity contribution is 9.25. The Balaban J connectivity index is 4.28. The van der Waals surface area contributed by atoms with Crippen molar-refractivity contribution in [3.63, 3.8) is 0 Å². The fourth-order valence-electron chi connectivity index (χ4n) is 1.06. The molecule has 0 aliphatic carbocycles. The lowest BCUT2D eigenvalue weighted by Crippen LogP contribution is -2.22. The van der Waals surface area contributed by atoms with Crippen LogP contribution in [0.2, 0.25) is 0 Å². The highest BCUT2D eigenvalue weighted by Gasteiger charge is 2.27. The second-order valence-corrected chi connectivity index (χ2v) is 10.6. The molecule has 0 aliphatic rings.